The highest BCUT2D eigenvalue weighted by Gasteiger charge is 2.31. The standard InChI is InChI=1S/C28H33ClN6O3S/c1-18(2)39(37,38)35-12-10-20(11-13-35)15-26(36)33-25-9-8-23-16-21(25)7-6-19-4-3-5-22(14-19)32-28-30-17-24(29)27(31-23)34-28/h3-5,8-9,14,16-18,20H,6-7,10-13,15H2,1-2H3,(H,33,36)(H2,30,31,32,34). The third-order valence-electron chi connectivity index (χ3n) is 7.26. The minimum absolute atomic E-state index is 0.0604. The molecule has 1 fully saturated rings. The van der Waals surface area contributed by atoms with E-state index in [-0.39, 0.29) is 11.8 Å². The molecule has 39 heavy (non-hydrogen) atoms. The van der Waals surface area contributed by atoms with Crippen molar-refractivity contribution in [1.82, 2.24) is 14.3 Å². The third-order valence-corrected chi connectivity index (χ3v) is 9.81. The molecule has 0 spiro atoms. The predicted octanol–water partition coefficient (Wildman–Crippen LogP) is 5.49. The summed E-state index contributed by atoms with van der Waals surface area (Å²) in [6, 6.07) is 13.9. The first-order valence-corrected chi connectivity index (χ1v) is 15.1. The highest BCUT2D eigenvalue weighted by molar-refractivity contribution is 7.89. The maximum absolute atomic E-state index is 13.1. The summed E-state index contributed by atoms with van der Waals surface area (Å²) < 4.78 is 26.5. The lowest BCUT2D eigenvalue weighted by Gasteiger charge is -2.32. The molecule has 2 aromatic carbocycles. The van der Waals surface area contributed by atoms with Gasteiger partial charge in [0.05, 0.1) is 11.4 Å². The van der Waals surface area contributed by atoms with E-state index in [0.717, 1.165) is 41.0 Å². The number of amides is 1. The van der Waals surface area contributed by atoms with Crippen molar-refractivity contribution >= 4 is 56.4 Å². The first-order chi connectivity index (χ1) is 18.7. The Bertz CT molecular complexity index is 1470. The van der Waals surface area contributed by atoms with Crippen LogP contribution >= 0.6 is 11.6 Å². The van der Waals surface area contributed by atoms with Gasteiger partial charge in [0.25, 0.3) is 0 Å². The number of piperidine rings is 1. The minimum atomic E-state index is -3.26. The molecular formula is C28H33ClN6O3S. The van der Waals surface area contributed by atoms with Gasteiger partial charge in [-0.3, -0.25) is 4.79 Å². The van der Waals surface area contributed by atoms with Crippen molar-refractivity contribution < 1.29 is 13.2 Å². The van der Waals surface area contributed by atoms with Gasteiger partial charge >= 0.3 is 0 Å². The first kappa shape index (κ1) is 27.4. The molecule has 3 N–H and O–H groups in total. The van der Waals surface area contributed by atoms with E-state index in [9.17, 15) is 13.2 Å². The Morgan fingerprint density at radius 2 is 1.87 bits per heavy atom. The Kier molecular flexibility index (Phi) is 8.06. The zero-order valence-corrected chi connectivity index (χ0v) is 23.6. The summed E-state index contributed by atoms with van der Waals surface area (Å²) in [5, 5.41) is 9.59. The number of hydrogen-bond donors (Lipinski definition) is 3. The van der Waals surface area contributed by atoms with Crippen LogP contribution in [0.3, 0.4) is 0 Å². The molecule has 2 aliphatic rings. The van der Waals surface area contributed by atoms with Crippen LogP contribution in [0.15, 0.2) is 48.7 Å². The van der Waals surface area contributed by atoms with Crippen LogP contribution in [0, 0.1) is 5.92 Å². The zero-order chi connectivity index (χ0) is 27.6. The molecule has 6 bridgehead atoms. The quantitative estimate of drug-likeness (QED) is 0.372. The Hall–Kier alpha value is -3.21. The SMILES string of the molecule is CC(C)S(=O)(=O)N1CCC(CC(=O)Nc2ccc3cc2CCc2cccc(c2)Nc2ncc(Cl)c(n2)N3)CC1. The van der Waals surface area contributed by atoms with Gasteiger partial charge in [-0.2, -0.15) is 4.98 Å². The van der Waals surface area contributed by atoms with E-state index in [4.69, 9.17) is 11.6 Å². The topological polar surface area (TPSA) is 116 Å². The molecule has 0 radical (unpaired) electrons. The van der Waals surface area contributed by atoms with Crippen LogP contribution in [0.1, 0.15) is 44.2 Å². The van der Waals surface area contributed by atoms with E-state index >= 15 is 0 Å². The largest absolute Gasteiger partial charge is 0.339 e. The maximum Gasteiger partial charge on any atom is 0.229 e. The highest BCUT2D eigenvalue weighted by Crippen LogP contribution is 2.30. The van der Waals surface area contributed by atoms with E-state index in [1.165, 1.54) is 0 Å². The second kappa shape index (κ2) is 11.5. The summed E-state index contributed by atoms with van der Waals surface area (Å²) in [7, 11) is -3.26. The van der Waals surface area contributed by atoms with Gasteiger partial charge in [-0.05, 0) is 86.9 Å². The number of halogens is 1. The normalized spacial score (nSPS) is 16.3. The molecule has 206 valence electrons. The van der Waals surface area contributed by atoms with Crippen LogP contribution in [0.25, 0.3) is 0 Å². The summed E-state index contributed by atoms with van der Waals surface area (Å²) in [6.07, 6.45) is 4.78. The van der Waals surface area contributed by atoms with Gasteiger partial charge in [0.15, 0.2) is 5.82 Å². The van der Waals surface area contributed by atoms with Gasteiger partial charge in [-0.1, -0.05) is 23.7 Å². The van der Waals surface area contributed by atoms with Crippen molar-refractivity contribution in [3.05, 3.63) is 64.8 Å². The molecular weight excluding hydrogens is 536 g/mol. The summed E-state index contributed by atoms with van der Waals surface area (Å²) in [6.45, 7) is 4.33. The number of nitrogens with zero attached hydrogens (tertiary/aromatic N) is 3. The Morgan fingerprint density at radius 3 is 2.64 bits per heavy atom. The average molecular weight is 569 g/mol. The summed E-state index contributed by atoms with van der Waals surface area (Å²) in [5.41, 5.74) is 4.59. The number of anilines is 5. The second-order valence-corrected chi connectivity index (χ2v) is 13.3. The average Bonchev–Trinajstić information content (AvgIpc) is 2.91. The molecule has 0 saturated carbocycles. The lowest BCUT2D eigenvalue weighted by molar-refractivity contribution is -0.117. The van der Waals surface area contributed by atoms with Crippen molar-refractivity contribution in [3.63, 3.8) is 0 Å². The number of nitrogens with one attached hydrogen (secondary N) is 3. The monoisotopic (exact) mass is 568 g/mol. The predicted molar refractivity (Wildman–Crippen MR) is 155 cm³/mol. The van der Waals surface area contributed by atoms with E-state index in [2.05, 4.69) is 38.1 Å². The highest BCUT2D eigenvalue weighted by atomic mass is 35.5. The van der Waals surface area contributed by atoms with Crippen molar-refractivity contribution in [2.45, 2.75) is 51.2 Å². The molecule has 11 heteroatoms. The Balaban J connectivity index is 1.32. The van der Waals surface area contributed by atoms with Crippen LogP contribution in [-0.2, 0) is 27.7 Å². The van der Waals surface area contributed by atoms with E-state index < -0.39 is 15.3 Å². The number of aromatic nitrogens is 2. The van der Waals surface area contributed by atoms with Crippen LogP contribution in [0.2, 0.25) is 5.02 Å². The number of benzene rings is 2. The third kappa shape index (κ3) is 6.51. The van der Waals surface area contributed by atoms with Gasteiger partial charge in [0, 0.05) is 36.6 Å². The van der Waals surface area contributed by atoms with Crippen molar-refractivity contribution in [2.24, 2.45) is 5.92 Å². The number of rotatable bonds is 5. The number of fused-ring (bicyclic) bond motifs is 6. The second-order valence-electron chi connectivity index (χ2n) is 10.4. The molecule has 1 aromatic heterocycles. The molecule has 0 atom stereocenters. The fourth-order valence-corrected chi connectivity index (χ4v) is 6.45. The van der Waals surface area contributed by atoms with E-state index in [1.54, 1.807) is 24.3 Å². The summed E-state index contributed by atoms with van der Waals surface area (Å²) in [5.74, 6) is 1.02. The van der Waals surface area contributed by atoms with E-state index in [0.29, 0.717) is 49.1 Å². The van der Waals surface area contributed by atoms with Gasteiger partial charge in [0.1, 0.15) is 5.02 Å². The molecule has 3 heterocycles. The molecule has 1 saturated heterocycles. The van der Waals surface area contributed by atoms with Gasteiger partial charge in [0.2, 0.25) is 21.9 Å². The van der Waals surface area contributed by atoms with Crippen molar-refractivity contribution in [3.8, 4) is 0 Å². The molecule has 3 aromatic rings. The number of aryl methyl sites for hydroxylation is 2. The fraction of sp³-hybridized carbons (Fsp3) is 0.393. The van der Waals surface area contributed by atoms with Crippen LogP contribution in [0.4, 0.5) is 28.8 Å². The van der Waals surface area contributed by atoms with Crippen LogP contribution in [0.5, 0.6) is 0 Å². The Morgan fingerprint density at radius 1 is 1.10 bits per heavy atom. The van der Waals surface area contributed by atoms with Gasteiger partial charge in [-0.15, -0.1) is 0 Å². The smallest absolute Gasteiger partial charge is 0.229 e. The lowest BCUT2D eigenvalue weighted by Crippen LogP contribution is -2.42. The van der Waals surface area contributed by atoms with Crippen LogP contribution in [-0.4, -0.2) is 46.9 Å². The maximum atomic E-state index is 13.1. The number of carbonyl (C=O) groups excluding carboxylic acids is 1. The molecule has 0 unspecified atom stereocenters. The molecule has 1 amide bonds. The van der Waals surface area contributed by atoms with E-state index in [1.807, 2.05) is 30.3 Å². The van der Waals surface area contributed by atoms with Crippen molar-refractivity contribution in [1.29, 1.82) is 0 Å². The summed E-state index contributed by atoms with van der Waals surface area (Å²) in [4.78, 5) is 21.9. The molecule has 5 rings (SSSR count). The van der Waals surface area contributed by atoms with Crippen molar-refractivity contribution in [2.75, 3.05) is 29.0 Å². The zero-order valence-electron chi connectivity index (χ0n) is 22.1. The molecule has 0 aliphatic carbocycles. The first-order valence-electron chi connectivity index (χ1n) is 13.2. The molecule has 9 nitrogen and oxygen atoms in total. The minimum Gasteiger partial charge on any atom is -0.339 e. The van der Waals surface area contributed by atoms with Gasteiger partial charge in [-0.25, -0.2) is 17.7 Å². The Labute approximate surface area is 234 Å². The summed E-state index contributed by atoms with van der Waals surface area (Å²) >= 11 is 6.37. The number of carbonyl (C=O) groups is 1. The molecule has 2 aliphatic heterocycles. The fourth-order valence-electron chi connectivity index (χ4n) is 4.99. The number of hydrogen-bond acceptors (Lipinski definition) is 7. The number of sulfonamides is 1. The lowest BCUT2D eigenvalue weighted by atomic mass is 9.94. The van der Waals surface area contributed by atoms with Gasteiger partial charge < -0.3 is 16.0 Å². The van der Waals surface area contributed by atoms with Crippen LogP contribution < -0.4 is 16.0 Å².